The van der Waals surface area contributed by atoms with E-state index in [9.17, 15) is 4.79 Å². The van der Waals surface area contributed by atoms with E-state index in [1.54, 1.807) is 6.92 Å². The first-order valence-corrected chi connectivity index (χ1v) is 11.4. The summed E-state index contributed by atoms with van der Waals surface area (Å²) in [5, 5.41) is 7.45. The standard InChI is InChI=1S/C26H23ClN2O3S/c1-2-31-25(30)22-23(17-8-4-3-5-9-17)28-26(33)29-24(22)18-12-14-20(15-13-18)32-16-19-10-6-7-11-21(19)27/h3-15,24H,2,16H2,1H3,(H2,28,29,33)/t24-/m0/s1. The van der Waals surface area contributed by atoms with Gasteiger partial charge in [-0.25, -0.2) is 4.79 Å². The van der Waals surface area contributed by atoms with Gasteiger partial charge >= 0.3 is 5.97 Å². The number of rotatable bonds is 7. The molecule has 0 bridgehead atoms. The molecule has 0 saturated heterocycles. The Labute approximate surface area is 203 Å². The maximum Gasteiger partial charge on any atom is 0.338 e. The van der Waals surface area contributed by atoms with Gasteiger partial charge in [0.15, 0.2) is 5.11 Å². The highest BCUT2D eigenvalue weighted by Crippen LogP contribution is 2.33. The minimum Gasteiger partial charge on any atom is -0.489 e. The van der Waals surface area contributed by atoms with Crippen LogP contribution in [0.1, 0.15) is 29.7 Å². The molecule has 0 fully saturated rings. The number of carbonyl (C=O) groups excluding carboxylic acids is 1. The molecular formula is C26H23ClN2O3S. The number of thiocarbonyl (C=S) groups is 1. The van der Waals surface area contributed by atoms with E-state index in [0.717, 1.165) is 16.7 Å². The van der Waals surface area contributed by atoms with Gasteiger partial charge in [0.05, 0.1) is 23.9 Å². The van der Waals surface area contributed by atoms with Crippen molar-refractivity contribution >= 4 is 40.6 Å². The first kappa shape index (κ1) is 22.8. The van der Waals surface area contributed by atoms with E-state index >= 15 is 0 Å². The fourth-order valence-corrected chi connectivity index (χ4v) is 4.02. The van der Waals surface area contributed by atoms with Crippen LogP contribution in [-0.4, -0.2) is 17.7 Å². The molecule has 1 aliphatic heterocycles. The Hall–Kier alpha value is -3.35. The third-order valence-electron chi connectivity index (χ3n) is 5.20. The molecule has 1 heterocycles. The van der Waals surface area contributed by atoms with Crippen molar-refractivity contribution < 1.29 is 14.3 Å². The highest BCUT2D eigenvalue weighted by Gasteiger charge is 2.33. The van der Waals surface area contributed by atoms with Crippen LogP contribution in [0.25, 0.3) is 5.70 Å². The number of nitrogens with one attached hydrogen (secondary N) is 2. The maximum absolute atomic E-state index is 13.0. The fourth-order valence-electron chi connectivity index (χ4n) is 3.61. The number of hydrogen-bond donors (Lipinski definition) is 2. The van der Waals surface area contributed by atoms with Crippen molar-refractivity contribution in [3.63, 3.8) is 0 Å². The quantitative estimate of drug-likeness (QED) is 0.349. The van der Waals surface area contributed by atoms with Crippen molar-refractivity contribution in [3.8, 4) is 5.75 Å². The molecule has 1 aliphatic rings. The average Bonchev–Trinajstić information content (AvgIpc) is 2.84. The molecular weight excluding hydrogens is 456 g/mol. The van der Waals surface area contributed by atoms with Crippen LogP contribution in [0.2, 0.25) is 5.02 Å². The van der Waals surface area contributed by atoms with Gasteiger partial charge < -0.3 is 20.1 Å². The molecule has 0 aliphatic carbocycles. The van der Waals surface area contributed by atoms with Crippen LogP contribution < -0.4 is 15.4 Å². The molecule has 3 aromatic rings. The van der Waals surface area contributed by atoms with E-state index in [0.29, 0.717) is 33.8 Å². The van der Waals surface area contributed by atoms with Crippen LogP contribution in [-0.2, 0) is 16.1 Å². The fraction of sp³-hybridized carbons (Fsp3) is 0.154. The predicted octanol–water partition coefficient (Wildman–Crippen LogP) is 5.41. The van der Waals surface area contributed by atoms with Crippen molar-refractivity contribution in [1.82, 2.24) is 10.6 Å². The first-order chi connectivity index (χ1) is 16.1. The Morgan fingerprint density at radius 1 is 1.00 bits per heavy atom. The van der Waals surface area contributed by atoms with Crippen molar-refractivity contribution in [1.29, 1.82) is 0 Å². The highest BCUT2D eigenvalue weighted by molar-refractivity contribution is 7.80. The third kappa shape index (κ3) is 5.35. The van der Waals surface area contributed by atoms with Gasteiger partial charge in [0.25, 0.3) is 0 Å². The van der Waals surface area contributed by atoms with Gasteiger partial charge in [-0.2, -0.15) is 0 Å². The Kier molecular flexibility index (Phi) is 7.27. The molecule has 2 N–H and O–H groups in total. The van der Waals surface area contributed by atoms with Crippen LogP contribution >= 0.6 is 23.8 Å². The van der Waals surface area contributed by atoms with Gasteiger partial charge in [0, 0.05) is 10.6 Å². The second kappa shape index (κ2) is 10.5. The summed E-state index contributed by atoms with van der Waals surface area (Å²) in [6.45, 7) is 2.42. The van der Waals surface area contributed by atoms with Gasteiger partial charge in [0.2, 0.25) is 0 Å². The molecule has 7 heteroatoms. The lowest BCUT2D eigenvalue weighted by atomic mass is 9.93. The molecule has 0 saturated carbocycles. The molecule has 3 aromatic carbocycles. The van der Waals surface area contributed by atoms with Gasteiger partial charge in [-0.15, -0.1) is 0 Å². The number of ether oxygens (including phenoxy) is 2. The number of hydrogen-bond acceptors (Lipinski definition) is 4. The molecule has 33 heavy (non-hydrogen) atoms. The molecule has 0 amide bonds. The van der Waals surface area contributed by atoms with Crippen LogP contribution in [0.5, 0.6) is 5.75 Å². The number of esters is 1. The molecule has 0 radical (unpaired) electrons. The average molecular weight is 479 g/mol. The van der Waals surface area contributed by atoms with Crippen molar-refractivity contribution in [2.75, 3.05) is 6.61 Å². The number of benzene rings is 3. The molecule has 1 atom stereocenters. The molecule has 5 nitrogen and oxygen atoms in total. The summed E-state index contributed by atoms with van der Waals surface area (Å²) in [5.41, 5.74) is 3.74. The summed E-state index contributed by atoms with van der Waals surface area (Å²) >= 11 is 11.7. The molecule has 4 rings (SSSR count). The van der Waals surface area contributed by atoms with Gasteiger partial charge in [-0.3, -0.25) is 0 Å². The zero-order valence-electron chi connectivity index (χ0n) is 18.0. The van der Waals surface area contributed by atoms with Gasteiger partial charge in [-0.1, -0.05) is 72.3 Å². The van der Waals surface area contributed by atoms with E-state index in [2.05, 4.69) is 10.6 Å². The van der Waals surface area contributed by atoms with E-state index < -0.39 is 12.0 Å². The van der Waals surface area contributed by atoms with Gasteiger partial charge in [-0.05, 0) is 48.5 Å². The zero-order chi connectivity index (χ0) is 23.2. The SMILES string of the molecule is CCOC(=O)C1=C(c2ccccc2)NC(=S)N[C@H]1c1ccc(OCc2ccccc2Cl)cc1. The summed E-state index contributed by atoms with van der Waals surface area (Å²) in [7, 11) is 0. The Balaban J connectivity index is 1.63. The first-order valence-electron chi connectivity index (χ1n) is 10.6. The highest BCUT2D eigenvalue weighted by atomic mass is 35.5. The molecule has 168 valence electrons. The van der Waals surface area contributed by atoms with Crippen molar-refractivity contribution in [2.45, 2.75) is 19.6 Å². The number of halogens is 1. The lowest BCUT2D eigenvalue weighted by Gasteiger charge is -2.31. The largest absolute Gasteiger partial charge is 0.489 e. The second-order valence-corrected chi connectivity index (χ2v) is 8.17. The molecule has 0 unspecified atom stereocenters. The number of carbonyl (C=O) groups is 1. The Morgan fingerprint density at radius 3 is 2.39 bits per heavy atom. The van der Waals surface area contributed by atoms with Crippen molar-refractivity contribution in [2.24, 2.45) is 0 Å². The lowest BCUT2D eigenvalue weighted by Crippen LogP contribution is -2.45. The van der Waals surface area contributed by atoms with Gasteiger partial charge in [0.1, 0.15) is 12.4 Å². The smallest absolute Gasteiger partial charge is 0.338 e. The van der Waals surface area contributed by atoms with Crippen molar-refractivity contribution in [3.05, 3.63) is 106 Å². The maximum atomic E-state index is 13.0. The third-order valence-corrected chi connectivity index (χ3v) is 5.78. The normalized spacial score (nSPS) is 15.5. The summed E-state index contributed by atoms with van der Waals surface area (Å²) in [4.78, 5) is 13.0. The topological polar surface area (TPSA) is 59.6 Å². The van der Waals surface area contributed by atoms with Crippen LogP contribution in [0.15, 0.2) is 84.4 Å². The van der Waals surface area contributed by atoms with Crippen LogP contribution in [0, 0.1) is 0 Å². The second-order valence-electron chi connectivity index (χ2n) is 7.36. The Morgan fingerprint density at radius 2 is 1.70 bits per heavy atom. The van der Waals surface area contributed by atoms with Crippen LogP contribution in [0.4, 0.5) is 0 Å². The zero-order valence-corrected chi connectivity index (χ0v) is 19.6. The Bertz CT molecular complexity index is 1180. The van der Waals surface area contributed by atoms with E-state index in [4.69, 9.17) is 33.3 Å². The predicted molar refractivity (Wildman–Crippen MR) is 134 cm³/mol. The van der Waals surface area contributed by atoms with Crippen LogP contribution in [0.3, 0.4) is 0 Å². The molecule has 0 aromatic heterocycles. The summed E-state index contributed by atoms with van der Waals surface area (Å²) < 4.78 is 11.3. The monoisotopic (exact) mass is 478 g/mol. The minimum atomic E-state index is -0.467. The van der Waals surface area contributed by atoms with E-state index in [1.165, 1.54) is 0 Å². The van der Waals surface area contributed by atoms with E-state index in [-0.39, 0.29) is 6.61 Å². The van der Waals surface area contributed by atoms with E-state index in [1.807, 2.05) is 78.9 Å². The summed E-state index contributed by atoms with van der Waals surface area (Å²) in [6, 6.07) is 24.3. The lowest BCUT2D eigenvalue weighted by molar-refractivity contribution is -0.138. The summed E-state index contributed by atoms with van der Waals surface area (Å²) in [5.74, 6) is 0.294. The minimum absolute atomic E-state index is 0.274. The summed E-state index contributed by atoms with van der Waals surface area (Å²) in [6.07, 6.45) is 0. The molecule has 0 spiro atoms.